The lowest BCUT2D eigenvalue weighted by Crippen LogP contribution is -2.66. The number of imidazole rings is 4. The number of fused-ring (bicyclic) bond motifs is 14. The van der Waals surface area contributed by atoms with Crippen LogP contribution >= 0.6 is 22.7 Å². The molecule has 1 amide bonds. The van der Waals surface area contributed by atoms with E-state index in [9.17, 15) is 29.6 Å². The van der Waals surface area contributed by atoms with Gasteiger partial charge in [-0.1, -0.05) is 126 Å². The third kappa shape index (κ3) is 14.8. The second-order valence-corrected chi connectivity index (χ2v) is 48.6. The van der Waals surface area contributed by atoms with Crippen molar-refractivity contribution in [2.75, 3.05) is 15.5 Å². The number of carbonyl (C=O) groups is 1. The van der Waals surface area contributed by atoms with Crippen LogP contribution in [0, 0.1) is 92.3 Å². The molecule has 14 aromatic rings. The summed E-state index contributed by atoms with van der Waals surface area (Å²) in [6, 6.07) is 49.2. The summed E-state index contributed by atoms with van der Waals surface area (Å²) in [4.78, 5) is 49.0. The minimum atomic E-state index is -0.572. The first-order chi connectivity index (χ1) is 68.9. The number of nitrogens with one attached hydrogen (secondary N) is 2. The molecule has 142 heavy (non-hydrogen) atoms. The zero-order chi connectivity index (χ0) is 95.9. The second-order valence-electron chi connectivity index (χ2n) is 46.5. The van der Waals surface area contributed by atoms with E-state index in [-0.39, 0.29) is 87.3 Å². The van der Waals surface area contributed by atoms with Crippen LogP contribution < -0.4 is 15.5 Å². The molecule has 28 heteroatoms. The molecule has 6 N–H and O–H groups in total. The lowest BCUT2D eigenvalue weighted by atomic mass is 9.46. The largest absolute Gasteiger partial charge is 0.444 e. The molecule has 16 atom stereocenters. The number of rotatable bonds is 18. The number of benzene rings is 7. The Hall–Kier alpha value is -11.4. The lowest BCUT2D eigenvalue weighted by Gasteiger charge is -2.62. The maximum Gasteiger partial charge on any atom is 0.410 e. The van der Waals surface area contributed by atoms with Gasteiger partial charge in [0.1, 0.15) is 28.9 Å². The Bertz CT molecular complexity index is 6870. The first-order valence-electron chi connectivity index (χ1n) is 51.9. The topological polar surface area (TPSA) is 261 Å². The maximum atomic E-state index is 15.0. The van der Waals surface area contributed by atoms with Crippen LogP contribution in [0.1, 0.15) is 221 Å². The molecule has 0 radical (unpaired) electrons. The van der Waals surface area contributed by atoms with E-state index in [4.69, 9.17) is 19.1 Å². The molecular formula is C114H119F4N15O7S2. The summed E-state index contributed by atoms with van der Waals surface area (Å²) < 4.78 is 82.5. The van der Waals surface area contributed by atoms with Crippen molar-refractivity contribution in [3.63, 3.8) is 0 Å². The molecule has 7 aromatic carbocycles. The predicted molar refractivity (Wildman–Crippen MR) is 537 cm³/mol. The third-order valence-electron chi connectivity index (χ3n) is 37.4. The van der Waals surface area contributed by atoms with Crippen molar-refractivity contribution >= 4 is 65.5 Å². The minimum absolute atomic E-state index is 0.0724. The second kappa shape index (κ2) is 33.9. The van der Waals surface area contributed by atoms with Gasteiger partial charge < -0.3 is 68.3 Å². The molecule has 22 nitrogen and oxygen atoms in total. The number of aromatic nitrogens is 11. The third-order valence-corrected chi connectivity index (χ3v) is 39.3. The number of aliphatic hydroxyl groups is 4. The molecule has 16 bridgehead atoms. The van der Waals surface area contributed by atoms with Gasteiger partial charge in [-0.15, -0.1) is 0 Å². The summed E-state index contributed by atoms with van der Waals surface area (Å²) in [6.07, 6.45) is 36.9. The lowest BCUT2D eigenvalue weighted by molar-refractivity contribution is -0.150. The van der Waals surface area contributed by atoms with Gasteiger partial charge in [-0.25, -0.2) is 57.2 Å². The molecule has 4 saturated heterocycles. The number of para-hydroxylation sites is 2. The van der Waals surface area contributed by atoms with E-state index in [2.05, 4.69) is 86.0 Å². The molecule has 732 valence electrons. The first kappa shape index (κ1) is 89.4. The maximum absolute atomic E-state index is 15.0. The zero-order valence-electron chi connectivity index (χ0n) is 80.0. The summed E-state index contributed by atoms with van der Waals surface area (Å²) in [7, 11) is 0. The number of carbonyl (C=O) groups excluding carboxylic acids is 1. The summed E-state index contributed by atoms with van der Waals surface area (Å²) in [5.74, 6) is 4.69. The number of amides is 1. The van der Waals surface area contributed by atoms with E-state index >= 15 is 13.2 Å². The SMILES string of the molecule is CC(C)(C)OC(=O)N1C2CC3CC1CC(C(O)CC1c4c(F)cccc4-c4cncn41)(C3)C2.OC(CC1c2c(F)cccc2-c2cncn21)C12CC3CC(C1)C(Nc1nc4ccccc4s1)C(C3)C2.OC(CC1c2c(F)cccc2-c2cncn21)C12CC3CC(C1)N(c1ncc(-c4ccccc4)o1)C(C3)C2.O[C@H](C[C@H]1c2c(F)cccc2-c2cncn21)C12CC3CC(C1)C(Nc1nc4ccccc4s1)C(C3)C2. The van der Waals surface area contributed by atoms with Gasteiger partial charge in [-0.2, -0.15) is 0 Å². The van der Waals surface area contributed by atoms with Crippen molar-refractivity contribution in [1.29, 1.82) is 0 Å². The van der Waals surface area contributed by atoms with Gasteiger partial charge >= 0.3 is 6.09 Å². The highest BCUT2D eigenvalue weighted by atomic mass is 32.1. The van der Waals surface area contributed by atoms with E-state index < -0.39 is 30.0 Å². The van der Waals surface area contributed by atoms with Crippen LogP contribution in [0.15, 0.2) is 212 Å². The Labute approximate surface area is 829 Å². The number of thiazole rings is 2. The van der Waals surface area contributed by atoms with Crippen LogP contribution in [0.5, 0.6) is 0 Å². The molecule has 8 aliphatic heterocycles. The van der Waals surface area contributed by atoms with Crippen molar-refractivity contribution < 1.29 is 51.9 Å². The average Bonchev–Trinajstić information content (AvgIpc) is 1.18. The monoisotopic (exact) mass is 1950 g/mol. The Balaban J connectivity index is 0.0000000947. The molecule has 12 saturated carbocycles. The molecule has 14 unspecified atom stereocenters. The van der Waals surface area contributed by atoms with E-state index in [1.54, 1.807) is 96.8 Å². The van der Waals surface area contributed by atoms with Crippen LogP contribution in [-0.4, -0.2) is 151 Å². The average molecular weight is 1950 g/mol. The Morgan fingerprint density at radius 2 is 0.746 bits per heavy atom. The number of ether oxygens (including phenoxy) is 1. The Kier molecular flexibility index (Phi) is 21.3. The van der Waals surface area contributed by atoms with Crippen LogP contribution in [0.4, 0.5) is 38.6 Å². The van der Waals surface area contributed by atoms with Crippen LogP contribution in [0.2, 0.25) is 0 Å². The minimum Gasteiger partial charge on any atom is -0.444 e. The van der Waals surface area contributed by atoms with Crippen LogP contribution in [0.3, 0.4) is 0 Å². The number of nitrogens with zero attached hydrogens (tertiary/aromatic N) is 13. The Morgan fingerprint density at radius 3 is 1.11 bits per heavy atom. The number of piperidine rings is 4. The molecule has 15 heterocycles. The standard InChI is InChI=1S/C30H29FN4O2.2C29H29FN4OS.C26H32FN3O3/c31-23-8-4-7-22-25-15-32-17-34(25)24(28(22)23)11-27(36)30-12-18-9-20(13-30)35(21(10-18)14-30)29-33-16-26(37-29)19-5-2-1-3-6-19;2*30-20-5-3-4-19-23-14-31-15-34(23)22(26(19)20)10-25(35)29-11-16-8-17(12-29)27(18(9-16)13-29)33-28-32-21-6-1-2-7-24(21)36-28;1-25(2,3)33-24(32)30-16-7-15-8-17(30)12-26(10-15,11-16)22(31)9-20-23-18(5-4-6-19(23)27)21-13-28-14-29(20)21/h1-8,15-18,20-21,24,27,36H,9-14H2;2*1-7,14-18,22,25,27,35H,8-13H2,(H,32,33);4-6,13-17,20,22,31H,7-12H2,1-3H3/t;16?,17?,18?,22-,25+,27?,29?;;/m.0../s1. The first-order valence-corrected chi connectivity index (χ1v) is 53.5. The molecule has 16 fully saturated rings. The van der Waals surface area contributed by atoms with E-state index in [1.807, 2.05) is 120 Å². The smallest absolute Gasteiger partial charge is 0.410 e. The number of aliphatic hydroxyl groups excluding tert-OH is 4. The number of hydrogen-bond acceptors (Lipinski definition) is 19. The Morgan fingerprint density at radius 1 is 0.415 bits per heavy atom. The quantitative estimate of drug-likeness (QED) is 0.0436. The van der Waals surface area contributed by atoms with Crippen LogP contribution in [-0.2, 0) is 4.74 Å². The number of halogens is 4. The van der Waals surface area contributed by atoms with Gasteiger partial charge in [0.05, 0.1) is 148 Å². The van der Waals surface area contributed by atoms with Crippen molar-refractivity contribution in [3.8, 4) is 56.4 Å². The summed E-state index contributed by atoms with van der Waals surface area (Å²) in [6.45, 7) is 5.70. The molecule has 12 aliphatic carbocycles. The number of oxazole rings is 1. The van der Waals surface area contributed by atoms with E-state index in [0.29, 0.717) is 125 Å². The predicted octanol–water partition coefficient (Wildman–Crippen LogP) is 23.3. The highest BCUT2D eigenvalue weighted by Crippen LogP contribution is 2.68. The van der Waals surface area contributed by atoms with Gasteiger partial charge in [0, 0.05) is 97.2 Å². The zero-order valence-corrected chi connectivity index (χ0v) is 81.6. The fourth-order valence-electron chi connectivity index (χ4n) is 32.6. The van der Waals surface area contributed by atoms with Gasteiger partial charge in [0.2, 0.25) is 0 Å². The number of hydrogen-bond donors (Lipinski definition) is 6. The van der Waals surface area contributed by atoms with Gasteiger partial charge in [0.15, 0.2) is 16.0 Å². The van der Waals surface area contributed by atoms with Gasteiger partial charge in [-0.3, -0.25) is 0 Å². The molecule has 34 rings (SSSR count). The van der Waals surface area contributed by atoms with Crippen molar-refractivity contribution in [3.05, 3.63) is 253 Å². The van der Waals surface area contributed by atoms with Crippen molar-refractivity contribution in [2.24, 2.45) is 69.0 Å². The highest BCUT2D eigenvalue weighted by molar-refractivity contribution is 7.22. The highest BCUT2D eigenvalue weighted by Gasteiger charge is 2.64. The van der Waals surface area contributed by atoms with Gasteiger partial charge in [-0.05, 0) is 282 Å². The van der Waals surface area contributed by atoms with Crippen molar-refractivity contribution in [2.45, 2.75) is 265 Å². The van der Waals surface area contributed by atoms with E-state index in [0.717, 1.165) is 180 Å². The molecular weight excluding hydrogens is 1830 g/mol. The normalized spacial score (nSPS) is 31.9. The fraction of sp³-hybridized carbons (Fsp3) is 0.474. The van der Waals surface area contributed by atoms with E-state index in [1.165, 1.54) is 47.2 Å². The molecule has 0 spiro atoms. The summed E-state index contributed by atoms with van der Waals surface area (Å²) >= 11 is 3.48. The van der Waals surface area contributed by atoms with Crippen molar-refractivity contribution in [1.82, 2.24) is 58.1 Å². The molecule has 20 aliphatic rings. The fourth-order valence-corrected chi connectivity index (χ4v) is 34.4. The molecule has 7 aromatic heterocycles. The van der Waals surface area contributed by atoms with Crippen LogP contribution in [0.25, 0.3) is 76.8 Å². The number of anilines is 3. The van der Waals surface area contributed by atoms with Gasteiger partial charge in [0.25, 0.3) is 6.01 Å². The summed E-state index contributed by atoms with van der Waals surface area (Å²) in [5, 5.41) is 56.9. The summed E-state index contributed by atoms with van der Waals surface area (Å²) in [5.41, 5.74) is 12.2.